The van der Waals surface area contributed by atoms with Crippen LogP contribution in [0.15, 0.2) is 28.7 Å². The predicted molar refractivity (Wildman–Crippen MR) is 78.7 cm³/mol. The lowest BCUT2D eigenvalue weighted by Crippen LogP contribution is -2.38. The molecular weight excluding hydrogens is 308 g/mol. The van der Waals surface area contributed by atoms with Crippen LogP contribution >= 0.6 is 15.9 Å². The van der Waals surface area contributed by atoms with Gasteiger partial charge in [-0.1, -0.05) is 41.9 Å². The topological polar surface area (TPSA) is 58.2 Å². The van der Waals surface area contributed by atoms with Gasteiger partial charge in [0.15, 0.2) is 0 Å². The van der Waals surface area contributed by atoms with E-state index in [0.717, 1.165) is 10.0 Å². The van der Waals surface area contributed by atoms with Gasteiger partial charge in [0.05, 0.1) is 13.0 Å². The molecule has 104 valence electrons. The monoisotopic (exact) mass is 326 g/mol. The molecule has 0 saturated heterocycles. The Morgan fingerprint density at radius 1 is 1.11 bits per heavy atom. The van der Waals surface area contributed by atoms with E-state index >= 15 is 0 Å². The first kappa shape index (κ1) is 15.7. The molecule has 19 heavy (non-hydrogen) atoms. The van der Waals surface area contributed by atoms with Crippen LogP contribution in [0, 0.1) is 5.92 Å². The normalized spacial score (nSPS) is 10.3. The van der Waals surface area contributed by atoms with Gasteiger partial charge in [-0.3, -0.25) is 9.59 Å². The first-order valence-corrected chi connectivity index (χ1v) is 7.04. The summed E-state index contributed by atoms with van der Waals surface area (Å²) in [5.41, 5.74) is 0.920. The molecule has 0 heterocycles. The molecule has 2 amide bonds. The summed E-state index contributed by atoms with van der Waals surface area (Å²) in [6, 6.07) is 7.53. The summed E-state index contributed by atoms with van der Waals surface area (Å²) in [5, 5.41) is 5.36. The van der Waals surface area contributed by atoms with E-state index in [0.29, 0.717) is 12.5 Å². The third kappa shape index (κ3) is 6.96. The van der Waals surface area contributed by atoms with Crippen LogP contribution in [-0.4, -0.2) is 24.9 Å². The Bertz CT molecular complexity index is 430. The molecule has 0 aliphatic heterocycles. The highest BCUT2D eigenvalue weighted by Gasteiger charge is 2.06. The zero-order valence-corrected chi connectivity index (χ0v) is 12.8. The number of carbonyl (C=O) groups is 2. The number of halogens is 1. The van der Waals surface area contributed by atoms with E-state index < -0.39 is 0 Å². The Kier molecular flexibility index (Phi) is 6.56. The van der Waals surface area contributed by atoms with Gasteiger partial charge in [-0.2, -0.15) is 0 Å². The van der Waals surface area contributed by atoms with Crippen molar-refractivity contribution >= 4 is 27.7 Å². The first-order valence-electron chi connectivity index (χ1n) is 6.25. The molecule has 1 rings (SSSR count). The van der Waals surface area contributed by atoms with Crippen molar-refractivity contribution in [2.24, 2.45) is 5.92 Å². The summed E-state index contributed by atoms with van der Waals surface area (Å²) in [6.07, 6.45) is 0.282. The fourth-order valence-electron chi connectivity index (χ4n) is 1.41. The smallest absolute Gasteiger partial charge is 0.239 e. The number of nitrogens with one attached hydrogen (secondary N) is 2. The van der Waals surface area contributed by atoms with Gasteiger partial charge in [0.1, 0.15) is 0 Å². The van der Waals surface area contributed by atoms with E-state index in [1.807, 2.05) is 38.1 Å². The van der Waals surface area contributed by atoms with Crippen molar-refractivity contribution in [1.29, 1.82) is 0 Å². The van der Waals surface area contributed by atoms with E-state index in [4.69, 9.17) is 0 Å². The van der Waals surface area contributed by atoms with Crippen LogP contribution in [0.3, 0.4) is 0 Å². The number of hydrogen-bond acceptors (Lipinski definition) is 2. The highest BCUT2D eigenvalue weighted by atomic mass is 79.9. The molecule has 4 nitrogen and oxygen atoms in total. The number of carbonyl (C=O) groups excluding carboxylic acids is 2. The second kappa shape index (κ2) is 7.94. The van der Waals surface area contributed by atoms with E-state index in [9.17, 15) is 9.59 Å². The van der Waals surface area contributed by atoms with Crippen molar-refractivity contribution in [3.63, 3.8) is 0 Å². The van der Waals surface area contributed by atoms with Gasteiger partial charge in [-0.15, -0.1) is 0 Å². The maximum Gasteiger partial charge on any atom is 0.239 e. The fourth-order valence-corrected chi connectivity index (χ4v) is 1.67. The number of benzene rings is 1. The van der Waals surface area contributed by atoms with Crippen LogP contribution in [-0.2, 0) is 16.0 Å². The molecule has 0 fully saturated rings. The molecule has 0 radical (unpaired) electrons. The van der Waals surface area contributed by atoms with Crippen molar-refractivity contribution < 1.29 is 9.59 Å². The summed E-state index contributed by atoms with van der Waals surface area (Å²) in [7, 11) is 0. The van der Waals surface area contributed by atoms with Gasteiger partial charge >= 0.3 is 0 Å². The summed E-state index contributed by atoms with van der Waals surface area (Å²) in [5.74, 6) is 0.0993. The Balaban J connectivity index is 2.28. The Labute approximate surface area is 122 Å². The molecular formula is C14H19BrN2O2. The standard InChI is InChI=1S/C14H19BrN2O2/c1-10(2)8-16-14(19)9-17-13(18)7-11-3-5-12(15)6-4-11/h3-6,10H,7-9H2,1-2H3,(H,16,19)(H,17,18). The minimum atomic E-state index is -0.155. The van der Waals surface area contributed by atoms with Gasteiger partial charge in [0.25, 0.3) is 0 Å². The molecule has 0 aromatic heterocycles. The van der Waals surface area contributed by atoms with Crippen molar-refractivity contribution in [2.75, 3.05) is 13.1 Å². The molecule has 0 atom stereocenters. The van der Waals surface area contributed by atoms with E-state index in [-0.39, 0.29) is 24.8 Å². The lowest BCUT2D eigenvalue weighted by atomic mass is 10.1. The summed E-state index contributed by atoms with van der Waals surface area (Å²) >= 11 is 3.34. The molecule has 0 unspecified atom stereocenters. The largest absolute Gasteiger partial charge is 0.354 e. The highest BCUT2D eigenvalue weighted by molar-refractivity contribution is 9.10. The Hall–Kier alpha value is -1.36. The highest BCUT2D eigenvalue weighted by Crippen LogP contribution is 2.10. The molecule has 0 bridgehead atoms. The minimum absolute atomic E-state index is 0.0298. The van der Waals surface area contributed by atoms with Crippen LogP contribution in [0.1, 0.15) is 19.4 Å². The first-order chi connectivity index (χ1) is 8.97. The van der Waals surface area contributed by atoms with Crippen LogP contribution in [0.5, 0.6) is 0 Å². The van der Waals surface area contributed by atoms with E-state index in [1.54, 1.807) is 0 Å². The average molecular weight is 327 g/mol. The molecule has 0 aliphatic carbocycles. The minimum Gasteiger partial charge on any atom is -0.354 e. The van der Waals surface area contributed by atoms with Crippen molar-refractivity contribution in [2.45, 2.75) is 20.3 Å². The van der Waals surface area contributed by atoms with Crippen LogP contribution < -0.4 is 10.6 Å². The summed E-state index contributed by atoms with van der Waals surface area (Å²) in [6.45, 7) is 4.70. The van der Waals surface area contributed by atoms with Crippen LogP contribution in [0.25, 0.3) is 0 Å². The summed E-state index contributed by atoms with van der Waals surface area (Å²) in [4.78, 5) is 23.1. The summed E-state index contributed by atoms with van der Waals surface area (Å²) < 4.78 is 0.977. The zero-order valence-electron chi connectivity index (χ0n) is 11.2. The average Bonchev–Trinajstić information content (AvgIpc) is 2.36. The number of hydrogen-bond donors (Lipinski definition) is 2. The molecule has 1 aromatic carbocycles. The Morgan fingerprint density at radius 3 is 2.32 bits per heavy atom. The van der Waals surface area contributed by atoms with Crippen molar-refractivity contribution in [1.82, 2.24) is 10.6 Å². The lowest BCUT2D eigenvalue weighted by Gasteiger charge is -2.08. The second-order valence-corrected chi connectivity index (χ2v) is 5.69. The molecule has 0 aliphatic rings. The molecule has 5 heteroatoms. The second-order valence-electron chi connectivity index (χ2n) is 4.78. The molecule has 2 N–H and O–H groups in total. The molecule has 0 spiro atoms. The third-order valence-electron chi connectivity index (χ3n) is 2.43. The third-order valence-corrected chi connectivity index (χ3v) is 2.96. The molecule has 0 saturated carbocycles. The predicted octanol–water partition coefficient (Wildman–Crippen LogP) is 1.88. The van der Waals surface area contributed by atoms with Gasteiger partial charge in [0.2, 0.25) is 11.8 Å². The van der Waals surface area contributed by atoms with Crippen molar-refractivity contribution in [3.05, 3.63) is 34.3 Å². The number of rotatable bonds is 6. The fraction of sp³-hybridized carbons (Fsp3) is 0.429. The SMILES string of the molecule is CC(C)CNC(=O)CNC(=O)Cc1ccc(Br)cc1. The lowest BCUT2D eigenvalue weighted by molar-refractivity contribution is -0.125. The molecule has 1 aromatic rings. The number of amides is 2. The Morgan fingerprint density at radius 2 is 1.74 bits per heavy atom. The van der Waals surface area contributed by atoms with Gasteiger partial charge in [0, 0.05) is 11.0 Å². The van der Waals surface area contributed by atoms with Gasteiger partial charge in [-0.25, -0.2) is 0 Å². The van der Waals surface area contributed by atoms with Crippen molar-refractivity contribution in [3.8, 4) is 0 Å². The van der Waals surface area contributed by atoms with Gasteiger partial charge < -0.3 is 10.6 Å². The van der Waals surface area contributed by atoms with Gasteiger partial charge in [-0.05, 0) is 23.6 Å². The van der Waals surface area contributed by atoms with Crippen LogP contribution in [0.2, 0.25) is 0 Å². The maximum atomic E-state index is 11.6. The zero-order chi connectivity index (χ0) is 14.3. The van der Waals surface area contributed by atoms with Crippen LogP contribution in [0.4, 0.5) is 0 Å². The van der Waals surface area contributed by atoms with E-state index in [1.165, 1.54) is 0 Å². The maximum absolute atomic E-state index is 11.6. The quantitative estimate of drug-likeness (QED) is 0.838. The van der Waals surface area contributed by atoms with E-state index in [2.05, 4.69) is 26.6 Å².